The fraction of sp³-hybridized carbons (Fsp3) is 0.562. The molecule has 2 rings (SSSR count). The quantitative estimate of drug-likeness (QED) is 0.827. The van der Waals surface area contributed by atoms with Gasteiger partial charge < -0.3 is 10.4 Å². The fourth-order valence-corrected chi connectivity index (χ4v) is 3.41. The van der Waals surface area contributed by atoms with Crippen LogP contribution in [0.15, 0.2) is 17.5 Å². The average molecular weight is 307 g/mol. The minimum absolute atomic E-state index is 0.125. The first-order chi connectivity index (χ1) is 9.95. The fourth-order valence-electron chi connectivity index (χ4n) is 2.55. The summed E-state index contributed by atoms with van der Waals surface area (Å²) >= 11 is 1.81. The van der Waals surface area contributed by atoms with Crippen LogP contribution in [-0.4, -0.2) is 28.0 Å². The van der Waals surface area contributed by atoms with Crippen LogP contribution in [0.5, 0.6) is 0 Å². The molecule has 0 bridgehead atoms. The number of hydrogen-bond acceptors (Lipinski definition) is 4. The standard InChI is InChI=1S/C16H25N3OS/c1-12-14(13(2)19(18-12)7-8-20)10-17-11-16(3,4)15-6-5-9-21-15/h5-6,9,17,20H,7-8,10-11H2,1-4H3. The second-order valence-corrected chi connectivity index (χ2v) is 7.01. The maximum atomic E-state index is 9.06. The third kappa shape index (κ3) is 3.73. The summed E-state index contributed by atoms with van der Waals surface area (Å²) in [5, 5.41) is 19.2. The van der Waals surface area contributed by atoms with E-state index < -0.39 is 0 Å². The van der Waals surface area contributed by atoms with Crippen LogP contribution in [0.2, 0.25) is 0 Å². The molecule has 0 amide bonds. The summed E-state index contributed by atoms with van der Waals surface area (Å²) in [5.74, 6) is 0. The third-order valence-corrected chi connectivity index (χ3v) is 5.14. The van der Waals surface area contributed by atoms with Gasteiger partial charge in [-0.2, -0.15) is 5.10 Å². The zero-order valence-corrected chi connectivity index (χ0v) is 14.1. The lowest BCUT2D eigenvalue weighted by atomic mass is 9.91. The first kappa shape index (κ1) is 16.2. The molecule has 2 N–H and O–H groups in total. The number of hydrogen-bond donors (Lipinski definition) is 2. The highest BCUT2D eigenvalue weighted by Crippen LogP contribution is 2.26. The Hall–Kier alpha value is -1.17. The van der Waals surface area contributed by atoms with Gasteiger partial charge in [0.2, 0.25) is 0 Å². The molecule has 2 heterocycles. The Morgan fingerprint density at radius 2 is 2.14 bits per heavy atom. The molecule has 0 aromatic carbocycles. The van der Waals surface area contributed by atoms with Crippen molar-refractivity contribution < 1.29 is 5.11 Å². The Bertz CT molecular complexity index is 573. The van der Waals surface area contributed by atoms with Gasteiger partial charge in [-0.15, -0.1) is 11.3 Å². The third-order valence-electron chi connectivity index (χ3n) is 3.90. The van der Waals surface area contributed by atoms with Crippen LogP contribution in [0, 0.1) is 13.8 Å². The minimum Gasteiger partial charge on any atom is -0.394 e. The van der Waals surface area contributed by atoms with Gasteiger partial charge in [0.15, 0.2) is 0 Å². The van der Waals surface area contributed by atoms with Crippen LogP contribution in [0.25, 0.3) is 0 Å². The summed E-state index contributed by atoms with van der Waals surface area (Å²) in [6, 6.07) is 4.30. The molecule has 2 aromatic rings. The van der Waals surface area contributed by atoms with E-state index in [1.165, 1.54) is 10.4 Å². The van der Waals surface area contributed by atoms with Crippen molar-refractivity contribution in [2.75, 3.05) is 13.2 Å². The Balaban J connectivity index is 1.98. The van der Waals surface area contributed by atoms with E-state index in [2.05, 4.69) is 48.7 Å². The lowest BCUT2D eigenvalue weighted by Crippen LogP contribution is -2.32. The Labute approximate surface area is 130 Å². The minimum atomic E-state index is 0.125. The summed E-state index contributed by atoms with van der Waals surface area (Å²) in [5.41, 5.74) is 3.56. The molecule has 2 aromatic heterocycles. The summed E-state index contributed by atoms with van der Waals surface area (Å²) < 4.78 is 1.89. The Kier molecular flexibility index (Phi) is 5.19. The zero-order chi connectivity index (χ0) is 15.5. The van der Waals surface area contributed by atoms with Gasteiger partial charge in [-0.25, -0.2) is 0 Å². The molecular weight excluding hydrogens is 282 g/mol. The highest BCUT2D eigenvalue weighted by atomic mass is 32.1. The van der Waals surface area contributed by atoms with Crippen LogP contribution in [0.3, 0.4) is 0 Å². The van der Waals surface area contributed by atoms with E-state index in [1.807, 2.05) is 22.9 Å². The van der Waals surface area contributed by atoms with Crippen LogP contribution >= 0.6 is 11.3 Å². The predicted molar refractivity (Wildman–Crippen MR) is 87.8 cm³/mol. The number of rotatable bonds is 7. The second-order valence-electron chi connectivity index (χ2n) is 6.06. The van der Waals surface area contributed by atoms with Gasteiger partial charge in [-0.05, 0) is 25.3 Å². The second kappa shape index (κ2) is 6.73. The van der Waals surface area contributed by atoms with Crippen LogP contribution < -0.4 is 5.32 Å². The van der Waals surface area contributed by atoms with Crippen LogP contribution in [0.1, 0.15) is 35.7 Å². The smallest absolute Gasteiger partial charge is 0.0644 e. The molecule has 0 fully saturated rings. The highest BCUT2D eigenvalue weighted by Gasteiger charge is 2.21. The molecule has 0 unspecified atom stereocenters. The predicted octanol–water partition coefficient (Wildman–Crippen LogP) is 2.62. The normalized spacial score (nSPS) is 12.0. The highest BCUT2D eigenvalue weighted by molar-refractivity contribution is 7.10. The molecule has 5 heteroatoms. The molecule has 0 saturated carbocycles. The average Bonchev–Trinajstić information content (AvgIpc) is 3.04. The van der Waals surface area contributed by atoms with Crippen molar-refractivity contribution in [2.24, 2.45) is 0 Å². The SMILES string of the molecule is Cc1nn(CCO)c(C)c1CNCC(C)(C)c1cccs1. The van der Waals surface area contributed by atoms with Gasteiger partial charge in [0.1, 0.15) is 0 Å². The number of nitrogens with one attached hydrogen (secondary N) is 1. The first-order valence-corrected chi connectivity index (χ1v) is 8.22. The van der Waals surface area contributed by atoms with Crippen molar-refractivity contribution in [3.63, 3.8) is 0 Å². The molecule has 0 aliphatic heterocycles. The largest absolute Gasteiger partial charge is 0.394 e. The van der Waals surface area contributed by atoms with Crippen molar-refractivity contribution >= 4 is 11.3 Å². The van der Waals surface area contributed by atoms with Gasteiger partial charge >= 0.3 is 0 Å². The van der Waals surface area contributed by atoms with Gasteiger partial charge in [-0.3, -0.25) is 4.68 Å². The van der Waals surface area contributed by atoms with Crippen LogP contribution in [0.4, 0.5) is 0 Å². The van der Waals surface area contributed by atoms with E-state index in [-0.39, 0.29) is 12.0 Å². The Morgan fingerprint density at radius 3 is 2.76 bits per heavy atom. The van der Waals surface area contributed by atoms with Gasteiger partial charge in [0.25, 0.3) is 0 Å². The van der Waals surface area contributed by atoms with E-state index >= 15 is 0 Å². The number of aryl methyl sites for hydroxylation is 1. The number of aliphatic hydroxyl groups excluding tert-OH is 1. The molecule has 0 atom stereocenters. The molecule has 0 saturated heterocycles. The summed E-state index contributed by atoms with van der Waals surface area (Å²) in [4.78, 5) is 1.40. The summed E-state index contributed by atoms with van der Waals surface area (Å²) in [7, 11) is 0. The molecule has 0 radical (unpaired) electrons. The lowest BCUT2D eigenvalue weighted by Gasteiger charge is -2.23. The van der Waals surface area contributed by atoms with E-state index in [0.717, 1.165) is 24.5 Å². The maximum absolute atomic E-state index is 9.06. The molecule has 0 spiro atoms. The van der Waals surface area contributed by atoms with E-state index in [1.54, 1.807) is 0 Å². The molecule has 0 aliphatic rings. The molecule has 0 aliphatic carbocycles. The monoisotopic (exact) mass is 307 g/mol. The van der Waals surface area contributed by atoms with Crippen LogP contribution in [-0.2, 0) is 18.5 Å². The molecular formula is C16H25N3OS. The zero-order valence-electron chi connectivity index (χ0n) is 13.3. The van der Waals surface area contributed by atoms with Crippen molar-refractivity contribution in [1.29, 1.82) is 0 Å². The van der Waals surface area contributed by atoms with E-state index in [0.29, 0.717) is 6.54 Å². The van der Waals surface area contributed by atoms with E-state index in [9.17, 15) is 0 Å². The molecule has 4 nitrogen and oxygen atoms in total. The Morgan fingerprint density at radius 1 is 1.38 bits per heavy atom. The van der Waals surface area contributed by atoms with Gasteiger partial charge in [-0.1, -0.05) is 19.9 Å². The van der Waals surface area contributed by atoms with Crippen molar-refractivity contribution in [2.45, 2.75) is 46.2 Å². The van der Waals surface area contributed by atoms with Crippen molar-refractivity contribution in [3.05, 3.63) is 39.3 Å². The topological polar surface area (TPSA) is 50.1 Å². The van der Waals surface area contributed by atoms with E-state index in [4.69, 9.17) is 5.11 Å². The number of aliphatic hydroxyl groups is 1. The molecule has 21 heavy (non-hydrogen) atoms. The number of nitrogens with zero attached hydrogens (tertiary/aromatic N) is 2. The summed E-state index contributed by atoms with van der Waals surface area (Å²) in [6.07, 6.45) is 0. The van der Waals surface area contributed by atoms with Crippen molar-refractivity contribution in [3.8, 4) is 0 Å². The lowest BCUT2D eigenvalue weighted by molar-refractivity contribution is 0.267. The summed E-state index contributed by atoms with van der Waals surface area (Å²) in [6.45, 7) is 11.1. The molecule has 116 valence electrons. The first-order valence-electron chi connectivity index (χ1n) is 7.34. The number of aromatic nitrogens is 2. The van der Waals surface area contributed by atoms with Crippen molar-refractivity contribution in [1.82, 2.24) is 15.1 Å². The van der Waals surface area contributed by atoms with Gasteiger partial charge in [0.05, 0.1) is 18.8 Å². The number of thiophene rings is 1. The van der Waals surface area contributed by atoms with Gasteiger partial charge in [0, 0.05) is 34.6 Å². The maximum Gasteiger partial charge on any atom is 0.0644 e.